The molecule has 0 saturated carbocycles. The molecule has 1 aromatic carbocycles. The van der Waals surface area contributed by atoms with E-state index in [2.05, 4.69) is 34.1 Å². The number of hydrogen-bond acceptors (Lipinski definition) is 6. The van der Waals surface area contributed by atoms with E-state index >= 15 is 0 Å². The maximum Gasteiger partial charge on any atom is 0.338 e. The van der Waals surface area contributed by atoms with Crippen molar-refractivity contribution in [3.63, 3.8) is 0 Å². The Labute approximate surface area is 235 Å². The van der Waals surface area contributed by atoms with Crippen LogP contribution in [0.2, 0.25) is 0 Å². The van der Waals surface area contributed by atoms with Crippen LogP contribution in [0.1, 0.15) is 31.7 Å². The van der Waals surface area contributed by atoms with E-state index in [9.17, 15) is 19.2 Å². The normalized spacial score (nSPS) is 12.3. The average Bonchev–Trinajstić information content (AvgIpc) is 2.88. The number of rotatable bonds is 17. The Morgan fingerprint density at radius 3 is 2.13 bits per heavy atom. The van der Waals surface area contributed by atoms with Crippen LogP contribution in [0.4, 0.5) is 0 Å². The number of nitrogens with two attached hydrogens (primary N) is 2. The van der Waals surface area contributed by atoms with Gasteiger partial charge in [0.25, 0.3) is 0 Å². The van der Waals surface area contributed by atoms with Crippen molar-refractivity contribution in [1.82, 2.24) is 16.0 Å². The van der Waals surface area contributed by atoms with Gasteiger partial charge in [0.15, 0.2) is 0 Å². The molecule has 0 aliphatic rings. The van der Waals surface area contributed by atoms with Crippen molar-refractivity contribution in [2.75, 3.05) is 20.3 Å². The van der Waals surface area contributed by atoms with E-state index in [4.69, 9.17) is 20.9 Å². The number of carbonyl (C=O) groups is 4. The van der Waals surface area contributed by atoms with Gasteiger partial charge in [-0.2, -0.15) is 0 Å². The van der Waals surface area contributed by atoms with Gasteiger partial charge in [-0.05, 0) is 37.0 Å². The number of ether oxygens (including phenoxy) is 2. The number of esters is 1. The van der Waals surface area contributed by atoms with Gasteiger partial charge in [-0.15, -0.1) is 6.58 Å². The average molecular weight is 567 g/mol. The highest BCUT2D eigenvalue weighted by atomic mass is 35.5. The fourth-order valence-electron chi connectivity index (χ4n) is 3.44. The van der Waals surface area contributed by atoms with Crippen molar-refractivity contribution in [2.24, 2.45) is 11.5 Å². The van der Waals surface area contributed by atoms with Gasteiger partial charge in [-0.25, -0.2) is 4.79 Å². The molecule has 39 heavy (non-hydrogen) atoms. The summed E-state index contributed by atoms with van der Waals surface area (Å²) in [6.45, 7) is 9.20. The Hall–Kier alpha value is -4.06. The molecule has 1 rings (SSSR count). The molecule has 1 aromatic rings. The molecule has 0 bridgehead atoms. The first-order valence-corrected chi connectivity index (χ1v) is 12.1. The van der Waals surface area contributed by atoms with Crippen LogP contribution >= 0.6 is 0 Å². The molecule has 3 amide bonds. The van der Waals surface area contributed by atoms with E-state index < -0.39 is 41.8 Å². The zero-order chi connectivity index (χ0) is 28.5. The van der Waals surface area contributed by atoms with E-state index in [1.54, 1.807) is 30.3 Å². The lowest BCUT2D eigenvalue weighted by Gasteiger charge is -2.24. The van der Waals surface area contributed by atoms with Crippen LogP contribution in [0.5, 0.6) is 5.75 Å². The molecule has 0 unspecified atom stereocenters. The quantitative estimate of drug-likeness (QED) is 0.0356. The smallest absolute Gasteiger partial charge is 0.338 e. The molecule has 8 N–H and O–H groups in total. The molecule has 13 heteroatoms. The van der Waals surface area contributed by atoms with Gasteiger partial charge in [0.2, 0.25) is 17.7 Å². The van der Waals surface area contributed by atoms with E-state index in [0.29, 0.717) is 25.3 Å². The Kier molecular flexibility index (Phi) is 17.1. The number of carbonyl (C=O) groups excluding carboxylic acids is 4. The second kappa shape index (κ2) is 19.1. The third-order valence-electron chi connectivity index (χ3n) is 5.26. The number of guanidine groups is 1. The minimum atomic E-state index is -1.02. The second-order valence-corrected chi connectivity index (χ2v) is 8.40. The molecular weight excluding hydrogens is 528 g/mol. The third kappa shape index (κ3) is 13.9. The lowest BCUT2D eigenvalue weighted by Crippen LogP contribution is -3.00. The summed E-state index contributed by atoms with van der Waals surface area (Å²) in [7, 11) is 1.21. The number of halogens is 1. The fourth-order valence-corrected chi connectivity index (χ4v) is 3.44. The molecule has 0 spiro atoms. The van der Waals surface area contributed by atoms with Crippen molar-refractivity contribution in [3.8, 4) is 5.75 Å². The Bertz CT molecular complexity index is 997. The minimum Gasteiger partial charge on any atom is -1.00 e. The zero-order valence-corrected chi connectivity index (χ0v) is 23.1. The monoisotopic (exact) mass is 566 g/mol. The Morgan fingerprint density at radius 2 is 1.59 bits per heavy atom. The highest BCUT2D eigenvalue weighted by molar-refractivity contribution is 5.93. The van der Waals surface area contributed by atoms with Crippen molar-refractivity contribution in [3.05, 3.63) is 55.1 Å². The fraction of sp³-hybridized carbons (Fsp3) is 0.423. The summed E-state index contributed by atoms with van der Waals surface area (Å²) in [5.41, 5.74) is 11.6. The van der Waals surface area contributed by atoms with E-state index in [0.717, 1.165) is 5.56 Å². The van der Waals surface area contributed by atoms with Gasteiger partial charge in [0.1, 0.15) is 30.5 Å². The van der Waals surface area contributed by atoms with E-state index in [1.165, 1.54) is 20.1 Å². The topological polar surface area (TPSA) is 189 Å². The van der Waals surface area contributed by atoms with Crippen LogP contribution in [0.15, 0.2) is 49.6 Å². The summed E-state index contributed by atoms with van der Waals surface area (Å²) in [5, 5.41) is 7.92. The first-order chi connectivity index (χ1) is 18.1. The minimum absolute atomic E-state index is 0. The van der Waals surface area contributed by atoms with Crippen LogP contribution in [-0.2, 0) is 30.3 Å². The molecule has 0 aliphatic carbocycles. The molecule has 3 atom stereocenters. The SMILES string of the molecule is C=CCOc1ccc(C[C@H](NC(C)=O)C(=O)N[C@H](CCC[NH+]=C(N)N)C(=O)N[C@@H](CC=C)C(=O)OC)cc1.[Cl-]. The summed E-state index contributed by atoms with van der Waals surface area (Å²) in [6.07, 6.45) is 4.02. The summed E-state index contributed by atoms with van der Waals surface area (Å²) in [6, 6.07) is 4.10. The van der Waals surface area contributed by atoms with Crippen molar-refractivity contribution >= 4 is 29.7 Å². The lowest BCUT2D eigenvalue weighted by atomic mass is 10.0. The molecule has 0 saturated heterocycles. The number of hydrogen-bond donors (Lipinski definition) is 6. The summed E-state index contributed by atoms with van der Waals surface area (Å²) in [5.74, 6) is -1.55. The van der Waals surface area contributed by atoms with E-state index in [1.807, 2.05) is 0 Å². The van der Waals surface area contributed by atoms with Crippen molar-refractivity contribution in [1.29, 1.82) is 0 Å². The summed E-state index contributed by atoms with van der Waals surface area (Å²) < 4.78 is 10.2. The van der Waals surface area contributed by atoms with Crippen LogP contribution in [0.25, 0.3) is 0 Å². The molecule has 0 heterocycles. The highest BCUT2D eigenvalue weighted by Gasteiger charge is 2.29. The molecule has 0 aliphatic heterocycles. The lowest BCUT2D eigenvalue weighted by molar-refractivity contribution is -0.459. The van der Waals surface area contributed by atoms with Gasteiger partial charge in [0, 0.05) is 13.3 Å². The molecule has 0 fully saturated rings. The van der Waals surface area contributed by atoms with Gasteiger partial charge >= 0.3 is 11.9 Å². The molecule has 0 radical (unpaired) electrons. The number of methoxy groups -OCH3 is 1. The van der Waals surface area contributed by atoms with Gasteiger partial charge in [-0.1, -0.05) is 30.9 Å². The number of amides is 3. The first-order valence-electron chi connectivity index (χ1n) is 12.1. The predicted octanol–water partition coefficient (Wildman–Crippen LogP) is -4.84. The van der Waals surface area contributed by atoms with Crippen LogP contribution < -0.4 is 49.6 Å². The van der Waals surface area contributed by atoms with Gasteiger partial charge < -0.3 is 37.8 Å². The largest absolute Gasteiger partial charge is 1.00 e. The third-order valence-corrected chi connectivity index (χ3v) is 5.26. The molecule has 216 valence electrons. The second-order valence-electron chi connectivity index (χ2n) is 8.40. The van der Waals surface area contributed by atoms with Crippen molar-refractivity contribution in [2.45, 2.75) is 50.7 Å². The van der Waals surface area contributed by atoms with Gasteiger partial charge in [-0.3, -0.25) is 30.8 Å². The standard InChI is InChI=1S/C26H38N6O6.ClH/c1-5-8-21(25(36)37-4)32-23(34)20(9-7-14-29-26(27)28)31-24(35)22(30-17(3)33)16-18-10-12-19(13-11-18)38-15-6-2;/h5-6,10-13,20-22H,1-2,7-9,14-16H2,3-4H3,(H,30,33)(H,31,35)(H,32,34)(H4,27,28,29);1H/t20-,21+,22+;/m1./s1. The first kappa shape index (κ1) is 34.9. The van der Waals surface area contributed by atoms with Crippen LogP contribution in [0.3, 0.4) is 0 Å². The van der Waals surface area contributed by atoms with Crippen LogP contribution in [0, 0.1) is 0 Å². The predicted molar refractivity (Wildman–Crippen MR) is 143 cm³/mol. The van der Waals surface area contributed by atoms with Crippen molar-refractivity contribution < 1.29 is 46.1 Å². The van der Waals surface area contributed by atoms with Gasteiger partial charge in [0.05, 0.1) is 13.7 Å². The number of nitrogens with one attached hydrogen (secondary N) is 4. The molecular formula is C26H39ClN6O6. The highest BCUT2D eigenvalue weighted by Crippen LogP contribution is 2.14. The number of benzene rings is 1. The Morgan fingerprint density at radius 1 is 0.974 bits per heavy atom. The Balaban J connectivity index is 0.0000144. The maximum absolute atomic E-state index is 13.2. The van der Waals surface area contributed by atoms with Crippen LogP contribution in [-0.4, -0.2) is 68.0 Å². The zero-order valence-electron chi connectivity index (χ0n) is 22.3. The summed E-state index contributed by atoms with van der Waals surface area (Å²) in [4.78, 5) is 53.0. The van der Waals surface area contributed by atoms with E-state index in [-0.39, 0.29) is 37.6 Å². The summed E-state index contributed by atoms with van der Waals surface area (Å²) >= 11 is 0. The molecule has 0 aromatic heterocycles. The molecule has 12 nitrogen and oxygen atoms in total. The maximum atomic E-state index is 13.2.